The second kappa shape index (κ2) is 6.32. The molecule has 0 saturated heterocycles. The minimum atomic E-state index is 0.214. The minimum absolute atomic E-state index is 0.214. The molecular formula is C17H25N3S. The molecule has 0 radical (unpaired) electrons. The lowest BCUT2D eigenvalue weighted by molar-refractivity contribution is 0.218. The first-order valence-electron chi connectivity index (χ1n) is 7.92. The third kappa shape index (κ3) is 3.22. The Morgan fingerprint density at radius 1 is 1.38 bits per heavy atom. The lowest BCUT2D eigenvalue weighted by Gasteiger charge is -2.35. The highest BCUT2D eigenvalue weighted by atomic mass is 32.1. The molecule has 4 atom stereocenters. The molecule has 114 valence electrons. The Balaban J connectivity index is 1.82. The number of nitrogens with zero attached hydrogens (tertiary/aromatic N) is 2. The van der Waals surface area contributed by atoms with Crippen LogP contribution >= 0.6 is 11.3 Å². The molecule has 0 spiro atoms. The van der Waals surface area contributed by atoms with Gasteiger partial charge in [-0.3, -0.25) is 5.32 Å². The van der Waals surface area contributed by atoms with Gasteiger partial charge in [0.25, 0.3) is 0 Å². The lowest BCUT2D eigenvalue weighted by atomic mass is 9.79. The van der Waals surface area contributed by atoms with E-state index in [2.05, 4.69) is 53.3 Å². The van der Waals surface area contributed by atoms with Gasteiger partial charge in [0.1, 0.15) is 11.9 Å². The maximum atomic E-state index is 4.58. The zero-order chi connectivity index (χ0) is 14.8. The van der Waals surface area contributed by atoms with Crippen molar-refractivity contribution in [3.05, 3.63) is 40.6 Å². The number of hydrogen-bond acceptors (Lipinski definition) is 3. The standard InChI is InChI=1S/C17H25N3S/c1-12-6-7-14(13(2)11-12)19-16(15-5-4-10-21-15)17-18-8-9-20(17)3/h4-5,8-10,12-14,16,19H,6-7,11H2,1-3H3. The molecule has 4 heteroatoms. The van der Waals surface area contributed by atoms with E-state index in [-0.39, 0.29) is 6.04 Å². The zero-order valence-corrected chi connectivity index (χ0v) is 13.9. The number of hydrogen-bond donors (Lipinski definition) is 1. The van der Waals surface area contributed by atoms with Crippen molar-refractivity contribution in [2.24, 2.45) is 18.9 Å². The van der Waals surface area contributed by atoms with E-state index in [0.717, 1.165) is 17.7 Å². The average Bonchev–Trinajstić information content (AvgIpc) is 3.10. The molecule has 0 aromatic carbocycles. The number of imidazole rings is 1. The quantitative estimate of drug-likeness (QED) is 0.925. The number of nitrogens with one attached hydrogen (secondary N) is 1. The molecule has 4 unspecified atom stereocenters. The van der Waals surface area contributed by atoms with Crippen LogP contribution in [-0.2, 0) is 7.05 Å². The van der Waals surface area contributed by atoms with Crippen molar-refractivity contribution in [3.8, 4) is 0 Å². The maximum Gasteiger partial charge on any atom is 0.131 e. The molecule has 3 rings (SSSR count). The maximum absolute atomic E-state index is 4.58. The first-order chi connectivity index (χ1) is 10.1. The van der Waals surface area contributed by atoms with Crippen molar-refractivity contribution < 1.29 is 0 Å². The van der Waals surface area contributed by atoms with E-state index in [1.165, 1.54) is 24.1 Å². The summed E-state index contributed by atoms with van der Waals surface area (Å²) in [5, 5.41) is 6.05. The van der Waals surface area contributed by atoms with Crippen molar-refractivity contribution in [1.82, 2.24) is 14.9 Å². The van der Waals surface area contributed by atoms with Gasteiger partial charge in [-0.1, -0.05) is 19.9 Å². The summed E-state index contributed by atoms with van der Waals surface area (Å²) in [6, 6.07) is 5.15. The van der Waals surface area contributed by atoms with Crippen LogP contribution in [0, 0.1) is 11.8 Å². The summed E-state index contributed by atoms with van der Waals surface area (Å²) in [6.45, 7) is 4.76. The van der Waals surface area contributed by atoms with Crippen molar-refractivity contribution in [2.45, 2.75) is 45.2 Å². The first-order valence-corrected chi connectivity index (χ1v) is 8.79. The van der Waals surface area contributed by atoms with E-state index in [9.17, 15) is 0 Å². The number of rotatable bonds is 4. The fourth-order valence-electron chi connectivity index (χ4n) is 3.52. The van der Waals surface area contributed by atoms with Crippen LogP contribution in [0.15, 0.2) is 29.9 Å². The van der Waals surface area contributed by atoms with E-state index in [0.29, 0.717) is 6.04 Å². The van der Waals surface area contributed by atoms with Crippen molar-refractivity contribution in [2.75, 3.05) is 0 Å². The Morgan fingerprint density at radius 3 is 2.86 bits per heavy atom. The fourth-order valence-corrected chi connectivity index (χ4v) is 4.30. The molecule has 0 aliphatic heterocycles. The van der Waals surface area contributed by atoms with Gasteiger partial charge in [0.15, 0.2) is 0 Å². The summed E-state index contributed by atoms with van der Waals surface area (Å²) in [5.41, 5.74) is 0. The lowest BCUT2D eigenvalue weighted by Crippen LogP contribution is -2.41. The van der Waals surface area contributed by atoms with Crippen LogP contribution in [-0.4, -0.2) is 15.6 Å². The van der Waals surface area contributed by atoms with Gasteiger partial charge in [0, 0.05) is 30.4 Å². The molecule has 1 aliphatic carbocycles. The van der Waals surface area contributed by atoms with E-state index < -0.39 is 0 Å². The van der Waals surface area contributed by atoms with Gasteiger partial charge in [-0.05, 0) is 42.5 Å². The topological polar surface area (TPSA) is 29.9 Å². The molecule has 1 N–H and O–H groups in total. The first kappa shape index (κ1) is 14.8. The van der Waals surface area contributed by atoms with Gasteiger partial charge < -0.3 is 4.57 Å². The Morgan fingerprint density at radius 2 is 2.24 bits per heavy atom. The largest absolute Gasteiger partial charge is 0.336 e. The number of aromatic nitrogens is 2. The van der Waals surface area contributed by atoms with Crippen LogP contribution in [0.2, 0.25) is 0 Å². The second-order valence-corrected chi connectivity index (χ2v) is 7.49. The van der Waals surface area contributed by atoms with E-state index >= 15 is 0 Å². The summed E-state index contributed by atoms with van der Waals surface area (Å²) in [4.78, 5) is 5.94. The average molecular weight is 303 g/mol. The van der Waals surface area contributed by atoms with Crippen molar-refractivity contribution >= 4 is 11.3 Å². The predicted octanol–water partition coefficient (Wildman–Crippen LogP) is 3.99. The number of aryl methyl sites for hydroxylation is 1. The molecule has 0 amide bonds. The summed E-state index contributed by atoms with van der Waals surface area (Å²) in [7, 11) is 2.08. The van der Waals surface area contributed by atoms with E-state index in [4.69, 9.17) is 0 Å². The SMILES string of the molecule is CC1CCC(NC(c2cccs2)c2nccn2C)C(C)C1. The molecule has 2 aromatic heterocycles. The van der Waals surface area contributed by atoms with Crippen LogP contribution in [0.25, 0.3) is 0 Å². The van der Waals surface area contributed by atoms with Crippen LogP contribution < -0.4 is 5.32 Å². The molecule has 21 heavy (non-hydrogen) atoms. The third-order valence-corrected chi connectivity index (χ3v) is 5.69. The summed E-state index contributed by atoms with van der Waals surface area (Å²) in [6.07, 6.45) is 7.86. The van der Waals surface area contributed by atoms with Gasteiger partial charge in [-0.25, -0.2) is 4.98 Å². The van der Waals surface area contributed by atoms with Crippen LogP contribution in [0.3, 0.4) is 0 Å². The zero-order valence-electron chi connectivity index (χ0n) is 13.1. The molecule has 1 saturated carbocycles. The molecule has 1 fully saturated rings. The van der Waals surface area contributed by atoms with E-state index in [1.54, 1.807) is 0 Å². The second-order valence-electron chi connectivity index (χ2n) is 6.51. The van der Waals surface area contributed by atoms with Crippen LogP contribution in [0.4, 0.5) is 0 Å². The van der Waals surface area contributed by atoms with Crippen LogP contribution in [0.1, 0.15) is 49.9 Å². The number of thiophene rings is 1. The van der Waals surface area contributed by atoms with Crippen LogP contribution in [0.5, 0.6) is 0 Å². The monoisotopic (exact) mass is 303 g/mol. The Labute approximate surface area is 131 Å². The molecule has 2 aromatic rings. The summed E-state index contributed by atoms with van der Waals surface area (Å²) >= 11 is 1.81. The third-order valence-electron chi connectivity index (χ3n) is 4.76. The predicted molar refractivity (Wildman–Crippen MR) is 88.5 cm³/mol. The Hall–Kier alpha value is -1.13. The molecule has 3 nitrogen and oxygen atoms in total. The fraction of sp³-hybridized carbons (Fsp3) is 0.588. The molecule has 0 bridgehead atoms. The van der Waals surface area contributed by atoms with Gasteiger partial charge in [-0.15, -0.1) is 11.3 Å². The smallest absolute Gasteiger partial charge is 0.131 e. The summed E-state index contributed by atoms with van der Waals surface area (Å²) < 4.78 is 2.13. The Kier molecular flexibility index (Phi) is 4.45. The highest BCUT2D eigenvalue weighted by Gasteiger charge is 2.29. The van der Waals surface area contributed by atoms with Gasteiger partial charge in [0.2, 0.25) is 0 Å². The van der Waals surface area contributed by atoms with E-state index in [1.807, 2.05) is 23.7 Å². The normalized spacial score (nSPS) is 27.7. The van der Waals surface area contributed by atoms with Gasteiger partial charge >= 0.3 is 0 Å². The molecule has 1 aliphatic rings. The highest BCUT2D eigenvalue weighted by Crippen LogP contribution is 2.32. The molecule has 2 heterocycles. The van der Waals surface area contributed by atoms with Gasteiger partial charge in [0.05, 0.1) is 0 Å². The van der Waals surface area contributed by atoms with Crippen molar-refractivity contribution in [1.29, 1.82) is 0 Å². The van der Waals surface area contributed by atoms with Crippen molar-refractivity contribution in [3.63, 3.8) is 0 Å². The van der Waals surface area contributed by atoms with Gasteiger partial charge in [-0.2, -0.15) is 0 Å². The summed E-state index contributed by atoms with van der Waals surface area (Å²) in [5.74, 6) is 2.71. The highest BCUT2D eigenvalue weighted by molar-refractivity contribution is 7.10. The minimum Gasteiger partial charge on any atom is -0.336 e. The molecular weight excluding hydrogens is 278 g/mol. The Bertz CT molecular complexity index is 560.